The highest BCUT2D eigenvalue weighted by molar-refractivity contribution is 7.89. The number of hydrogen-bond donors (Lipinski definition) is 0. The van der Waals surface area contributed by atoms with E-state index in [1.807, 2.05) is 62.4 Å². The fraction of sp³-hybridized carbons (Fsp3) is 0.231. The van der Waals surface area contributed by atoms with Gasteiger partial charge in [-0.1, -0.05) is 30.3 Å². The number of nitriles is 1. The Morgan fingerprint density at radius 3 is 2.29 bits per heavy atom. The fourth-order valence-corrected chi connectivity index (χ4v) is 5.83. The summed E-state index contributed by atoms with van der Waals surface area (Å²) >= 11 is 0. The van der Waals surface area contributed by atoms with Crippen molar-refractivity contribution in [3.05, 3.63) is 89.3 Å². The number of nitrogens with zero attached hydrogens (tertiary/aromatic N) is 4. The van der Waals surface area contributed by atoms with E-state index < -0.39 is 10.0 Å². The molecule has 1 fully saturated rings. The zero-order valence-corrected chi connectivity index (χ0v) is 20.0. The molecule has 2 aromatic carbocycles. The van der Waals surface area contributed by atoms with Gasteiger partial charge in [-0.15, -0.1) is 0 Å². The Morgan fingerprint density at radius 2 is 1.62 bits per heavy atom. The number of aryl methyl sites for hydroxylation is 1. The van der Waals surface area contributed by atoms with E-state index >= 15 is 0 Å². The van der Waals surface area contributed by atoms with Crippen LogP contribution in [-0.4, -0.2) is 54.3 Å². The second-order valence-corrected chi connectivity index (χ2v) is 10.1. The van der Waals surface area contributed by atoms with Crippen LogP contribution in [0.15, 0.2) is 71.6 Å². The minimum Gasteiger partial charge on any atom is -0.337 e. The highest BCUT2D eigenvalue weighted by Crippen LogP contribution is 2.23. The van der Waals surface area contributed by atoms with Crippen LogP contribution in [-0.2, 0) is 14.8 Å². The highest BCUT2D eigenvalue weighted by Gasteiger charge is 2.31. The zero-order chi connectivity index (χ0) is 24.3. The van der Waals surface area contributed by atoms with E-state index in [0.717, 1.165) is 22.6 Å². The molecule has 0 atom stereocenters. The first-order valence-electron chi connectivity index (χ1n) is 11.0. The van der Waals surface area contributed by atoms with Gasteiger partial charge in [-0.05, 0) is 55.8 Å². The largest absolute Gasteiger partial charge is 0.337 e. The average molecular weight is 475 g/mol. The molecule has 34 heavy (non-hydrogen) atoms. The summed E-state index contributed by atoms with van der Waals surface area (Å²) in [6, 6.07) is 20.2. The van der Waals surface area contributed by atoms with Gasteiger partial charge in [0.15, 0.2) is 0 Å². The van der Waals surface area contributed by atoms with Gasteiger partial charge < -0.3 is 9.47 Å². The van der Waals surface area contributed by atoms with Crippen LogP contribution in [0.3, 0.4) is 0 Å². The van der Waals surface area contributed by atoms with Crippen molar-refractivity contribution in [1.82, 2.24) is 13.8 Å². The number of carbonyl (C=O) groups is 1. The van der Waals surface area contributed by atoms with Crippen LogP contribution in [0.4, 0.5) is 0 Å². The molecular weight excluding hydrogens is 448 g/mol. The molecule has 8 heteroatoms. The molecule has 1 amide bonds. The topological polar surface area (TPSA) is 86.4 Å². The third kappa shape index (κ3) is 4.53. The number of carbonyl (C=O) groups excluding carboxylic acids is 1. The molecule has 4 rings (SSSR count). The maximum atomic E-state index is 13.0. The standard InChI is InChI=1S/C26H26N4O3S/c1-20-18-22(21(2)30(20)24-9-4-3-5-10-24)12-13-26(31)28-14-16-29(17-15-28)34(32,33)25-11-7-6-8-23(25)19-27/h3-13,18H,14-17H2,1-2H3/b13-12+. The Balaban J connectivity index is 1.43. The van der Waals surface area contributed by atoms with Crippen LogP contribution in [0, 0.1) is 25.2 Å². The van der Waals surface area contributed by atoms with Crippen molar-refractivity contribution in [2.24, 2.45) is 0 Å². The van der Waals surface area contributed by atoms with Crippen LogP contribution in [0.5, 0.6) is 0 Å². The number of benzene rings is 2. The monoisotopic (exact) mass is 474 g/mol. The molecule has 1 aliphatic rings. The molecule has 0 aliphatic carbocycles. The molecule has 2 heterocycles. The lowest BCUT2D eigenvalue weighted by Gasteiger charge is -2.33. The SMILES string of the molecule is Cc1cc(/C=C/C(=O)N2CCN(S(=O)(=O)c3ccccc3C#N)CC2)c(C)n1-c1ccccc1. The van der Waals surface area contributed by atoms with E-state index in [1.165, 1.54) is 16.4 Å². The summed E-state index contributed by atoms with van der Waals surface area (Å²) in [5.41, 5.74) is 4.27. The molecule has 7 nitrogen and oxygen atoms in total. The lowest BCUT2D eigenvalue weighted by molar-refractivity contribution is -0.127. The Labute approximate surface area is 200 Å². The van der Waals surface area contributed by atoms with Crippen molar-refractivity contribution >= 4 is 22.0 Å². The first-order chi connectivity index (χ1) is 16.3. The van der Waals surface area contributed by atoms with Gasteiger partial charge >= 0.3 is 0 Å². The zero-order valence-electron chi connectivity index (χ0n) is 19.2. The molecule has 0 unspecified atom stereocenters. The van der Waals surface area contributed by atoms with Gasteiger partial charge in [0.2, 0.25) is 15.9 Å². The normalized spacial score (nSPS) is 14.9. The summed E-state index contributed by atoms with van der Waals surface area (Å²) in [7, 11) is -3.79. The molecule has 0 N–H and O–H groups in total. The maximum Gasteiger partial charge on any atom is 0.246 e. The summed E-state index contributed by atoms with van der Waals surface area (Å²) in [6.07, 6.45) is 3.36. The molecule has 0 radical (unpaired) electrons. The van der Waals surface area contributed by atoms with Crippen LogP contribution < -0.4 is 0 Å². The van der Waals surface area contributed by atoms with Crippen molar-refractivity contribution in [3.8, 4) is 11.8 Å². The Kier molecular flexibility index (Phi) is 6.68. The van der Waals surface area contributed by atoms with Gasteiger partial charge in [-0.2, -0.15) is 9.57 Å². The van der Waals surface area contributed by atoms with Gasteiger partial charge in [0, 0.05) is 49.3 Å². The molecule has 0 saturated carbocycles. The first kappa shape index (κ1) is 23.5. The number of aromatic nitrogens is 1. The van der Waals surface area contributed by atoms with Crippen LogP contribution in [0.2, 0.25) is 0 Å². The molecule has 3 aromatic rings. The lowest BCUT2D eigenvalue weighted by atomic mass is 10.2. The van der Waals surface area contributed by atoms with E-state index in [4.69, 9.17) is 0 Å². The van der Waals surface area contributed by atoms with Crippen LogP contribution in [0.1, 0.15) is 22.5 Å². The van der Waals surface area contributed by atoms with Crippen molar-refractivity contribution in [1.29, 1.82) is 5.26 Å². The molecule has 1 aromatic heterocycles. The number of piperazine rings is 1. The molecular formula is C26H26N4O3S. The van der Waals surface area contributed by atoms with Crippen molar-refractivity contribution in [3.63, 3.8) is 0 Å². The Morgan fingerprint density at radius 1 is 0.971 bits per heavy atom. The van der Waals surface area contributed by atoms with Gasteiger partial charge in [0.1, 0.15) is 6.07 Å². The number of para-hydroxylation sites is 1. The lowest BCUT2D eigenvalue weighted by Crippen LogP contribution is -2.50. The van der Waals surface area contributed by atoms with E-state index in [9.17, 15) is 18.5 Å². The van der Waals surface area contributed by atoms with Crippen LogP contribution in [0.25, 0.3) is 11.8 Å². The van der Waals surface area contributed by atoms with Gasteiger partial charge in [0.25, 0.3) is 0 Å². The second-order valence-electron chi connectivity index (χ2n) is 8.17. The number of amides is 1. The number of hydrogen-bond acceptors (Lipinski definition) is 4. The molecule has 0 spiro atoms. The minimum absolute atomic E-state index is 0.00551. The molecule has 1 aliphatic heterocycles. The highest BCUT2D eigenvalue weighted by atomic mass is 32.2. The second kappa shape index (κ2) is 9.67. The van der Waals surface area contributed by atoms with Crippen LogP contribution >= 0.6 is 0 Å². The maximum absolute atomic E-state index is 13.0. The smallest absolute Gasteiger partial charge is 0.246 e. The Hall–Kier alpha value is -3.67. The molecule has 1 saturated heterocycles. The van der Waals surface area contributed by atoms with Crippen molar-refractivity contribution in [2.45, 2.75) is 18.7 Å². The summed E-state index contributed by atoms with van der Waals surface area (Å²) in [5.74, 6) is -0.154. The quantitative estimate of drug-likeness (QED) is 0.530. The Bertz CT molecular complexity index is 1380. The fourth-order valence-electron chi connectivity index (χ4n) is 4.27. The molecule has 174 valence electrons. The van der Waals surface area contributed by atoms with E-state index in [2.05, 4.69) is 4.57 Å². The summed E-state index contributed by atoms with van der Waals surface area (Å²) in [6.45, 7) is 5.00. The van der Waals surface area contributed by atoms with Crippen molar-refractivity contribution in [2.75, 3.05) is 26.2 Å². The third-order valence-corrected chi connectivity index (χ3v) is 8.02. The predicted molar refractivity (Wildman–Crippen MR) is 131 cm³/mol. The third-order valence-electron chi connectivity index (χ3n) is 6.07. The van der Waals surface area contributed by atoms with E-state index in [-0.39, 0.29) is 29.5 Å². The summed E-state index contributed by atoms with van der Waals surface area (Å²) < 4.78 is 29.5. The number of rotatable bonds is 5. The molecule has 0 bridgehead atoms. The number of sulfonamides is 1. The summed E-state index contributed by atoms with van der Waals surface area (Å²) in [5, 5.41) is 9.26. The minimum atomic E-state index is -3.79. The average Bonchev–Trinajstić information content (AvgIpc) is 3.15. The van der Waals surface area contributed by atoms with E-state index in [0.29, 0.717) is 13.1 Å². The predicted octanol–water partition coefficient (Wildman–Crippen LogP) is 3.51. The van der Waals surface area contributed by atoms with Gasteiger partial charge in [-0.25, -0.2) is 8.42 Å². The van der Waals surface area contributed by atoms with E-state index in [1.54, 1.807) is 23.1 Å². The van der Waals surface area contributed by atoms with Gasteiger partial charge in [-0.3, -0.25) is 4.79 Å². The van der Waals surface area contributed by atoms with Crippen molar-refractivity contribution < 1.29 is 13.2 Å². The first-order valence-corrected chi connectivity index (χ1v) is 12.5. The summed E-state index contributed by atoms with van der Waals surface area (Å²) in [4.78, 5) is 14.4. The van der Waals surface area contributed by atoms with Gasteiger partial charge in [0.05, 0.1) is 10.5 Å².